The van der Waals surface area contributed by atoms with Crippen LogP contribution >= 0.6 is 0 Å². The maximum atomic E-state index is 11.6. The van der Waals surface area contributed by atoms with Gasteiger partial charge < -0.3 is 21.7 Å². The van der Waals surface area contributed by atoms with Gasteiger partial charge in [0.15, 0.2) is 0 Å². The topological polar surface area (TPSA) is 101 Å². The zero-order chi connectivity index (χ0) is 13.3. The summed E-state index contributed by atoms with van der Waals surface area (Å²) in [7, 11) is 0. The maximum Gasteiger partial charge on any atom is 0.250 e. The summed E-state index contributed by atoms with van der Waals surface area (Å²) in [4.78, 5) is 24.8. The van der Waals surface area contributed by atoms with Crippen LogP contribution in [0.5, 0.6) is 0 Å². The van der Waals surface area contributed by atoms with Crippen molar-refractivity contribution in [2.75, 3.05) is 23.7 Å². The Balaban J connectivity index is 2.36. The van der Waals surface area contributed by atoms with E-state index in [4.69, 9.17) is 11.5 Å². The van der Waals surface area contributed by atoms with Gasteiger partial charge in [0.2, 0.25) is 5.91 Å². The van der Waals surface area contributed by atoms with E-state index in [0.29, 0.717) is 18.8 Å². The minimum absolute atomic E-state index is 0.0290. The molecule has 1 aromatic carbocycles. The molecule has 0 radical (unpaired) electrons. The van der Waals surface area contributed by atoms with Gasteiger partial charge >= 0.3 is 0 Å². The Hall–Kier alpha value is -2.24. The number of benzene rings is 1. The second-order valence-electron chi connectivity index (χ2n) is 4.30. The number of nitrogens with two attached hydrogens (primary N) is 2. The molecular weight excluding hydrogens is 232 g/mol. The molecule has 0 bridgehead atoms. The summed E-state index contributed by atoms with van der Waals surface area (Å²) in [6, 6.07) is 4.78. The molecule has 96 valence electrons. The number of anilines is 2. The van der Waals surface area contributed by atoms with E-state index >= 15 is 0 Å². The highest BCUT2D eigenvalue weighted by molar-refractivity contribution is 5.99. The summed E-state index contributed by atoms with van der Waals surface area (Å²) in [5.74, 6) is -0.595. The van der Waals surface area contributed by atoms with Crippen molar-refractivity contribution in [3.8, 4) is 0 Å². The fraction of sp³-hybridized carbons (Fsp3) is 0.333. The largest absolute Gasteiger partial charge is 0.398 e. The Kier molecular flexibility index (Phi) is 3.10. The van der Waals surface area contributed by atoms with Crippen LogP contribution in [0, 0.1) is 0 Å². The molecule has 2 amide bonds. The second kappa shape index (κ2) is 4.56. The van der Waals surface area contributed by atoms with Crippen molar-refractivity contribution in [1.82, 2.24) is 5.32 Å². The summed E-state index contributed by atoms with van der Waals surface area (Å²) in [5, 5.41) is 2.78. The first-order valence-corrected chi connectivity index (χ1v) is 5.74. The predicted octanol–water partition coefficient (Wildman–Crippen LogP) is -0.308. The van der Waals surface area contributed by atoms with E-state index in [0.717, 1.165) is 5.69 Å². The summed E-state index contributed by atoms with van der Waals surface area (Å²) in [6.07, 6.45) is 0. The number of carbonyl (C=O) groups is 2. The van der Waals surface area contributed by atoms with Gasteiger partial charge in [-0.3, -0.25) is 9.59 Å². The summed E-state index contributed by atoms with van der Waals surface area (Å²) >= 11 is 0. The van der Waals surface area contributed by atoms with Crippen molar-refractivity contribution in [1.29, 1.82) is 0 Å². The first-order chi connectivity index (χ1) is 8.50. The quantitative estimate of drug-likeness (QED) is 0.625. The molecule has 6 nitrogen and oxygen atoms in total. The van der Waals surface area contributed by atoms with Crippen molar-refractivity contribution in [3.63, 3.8) is 0 Å². The molecule has 0 aromatic heterocycles. The minimum Gasteiger partial charge on any atom is -0.398 e. The number of carbonyl (C=O) groups excluding carboxylic acids is 2. The summed E-state index contributed by atoms with van der Waals surface area (Å²) in [6.45, 7) is 3.09. The second-order valence-corrected chi connectivity index (χ2v) is 4.30. The van der Waals surface area contributed by atoms with Crippen molar-refractivity contribution >= 4 is 23.2 Å². The van der Waals surface area contributed by atoms with Gasteiger partial charge in [-0.1, -0.05) is 0 Å². The molecule has 1 unspecified atom stereocenters. The summed E-state index contributed by atoms with van der Waals surface area (Å²) < 4.78 is 0. The molecule has 1 atom stereocenters. The first kappa shape index (κ1) is 12.2. The van der Waals surface area contributed by atoms with Crippen molar-refractivity contribution in [2.24, 2.45) is 5.73 Å². The highest BCUT2D eigenvalue weighted by Crippen LogP contribution is 2.23. The number of nitrogens with one attached hydrogen (secondary N) is 1. The van der Waals surface area contributed by atoms with Gasteiger partial charge in [0.1, 0.15) is 6.04 Å². The zero-order valence-corrected chi connectivity index (χ0v) is 10.1. The number of primary amides is 1. The van der Waals surface area contributed by atoms with E-state index in [1.807, 2.05) is 11.8 Å². The Morgan fingerprint density at radius 3 is 2.89 bits per heavy atom. The van der Waals surface area contributed by atoms with E-state index in [9.17, 15) is 9.59 Å². The molecule has 1 heterocycles. The number of hydrogen-bond acceptors (Lipinski definition) is 4. The van der Waals surface area contributed by atoms with E-state index in [1.165, 1.54) is 0 Å². The Labute approximate surface area is 105 Å². The molecule has 1 saturated heterocycles. The molecular formula is C12H16N4O2. The Morgan fingerprint density at radius 1 is 1.50 bits per heavy atom. The Morgan fingerprint density at radius 2 is 2.22 bits per heavy atom. The Bertz CT molecular complexity index is 501. The monoisotopic (exact) mass is 248 g/mol. The number of piperazine rings is 1. The normalized spacial score (nSPS) is 19.5. The van der Waals surface area contributed by atoms with Crippen LogP contribution in [0.2, 0.25) is 0 Å². The van der Waals surface area contributed by atoms with Gasteiger partial charge in [-0.2, -0.15) is 0 Å². The smallest absolute Gasteiger partial charge is 0.250 e. The maximum absolute atomic E-state index is 11.6. The lowest BCUT2D eigenvalue weighted by atomic mass is 10.1. The number of hydrogen-bond donors (Lipinski definition) is 3. The van der Waals surface area contributed by atoms with Crippen LogP contribution < -0.4 is 21.7 Å². The van der Waals surface area contributed by atoms with Crippen LogP contribution in [0.4, 0.5) is 11.4 Å². The summed E-state index contributed by atoms with van der Waals surface area (Å²) in [5.41, 5.74) is 12.4. The highest BCUT2D eigenvalue weighted by atomic mass is 16.2. The molecule has 0 saturated carbocycles. The third-order valence-corrected chi connectivity index (χ3v) is 3.13. The molecule has 1 aliphatic rings. The average Bonchev–Trinajstić information content (AvgIpc) is 2.33. The number of rotatable bonds is 2. The van der Waals surface area contributed by atoms with E-state index in [1.54, 1.807) is 18.2 Å². The molecule has 1 fully saturated rings. The van der Waals surface area contributed by atoms with Crippen LogP contribution in [0.15, 0.2) is 18.2 Å². The van der Waals surface area contributed by atoms with Crippen LogP contribution in [-0.2, 0) is 4.79 Å². The van der Waals surface area contributed by atoms with E-state index in [2.05, 4.69) is 5.32 Å². The van der Waals surface area contributed by atoms with Crippen LogP contribution in [-0.4, -0.2) is 30.9 Å². The SMILES string of the molecule is CC1C(=O)NCCN1c1ccc(N)c(C(N)=O)c1. The molecule has 1 aliphatic heterocycles. The van der Waals surface area contributed by atoms with Crippen molar-refractivity contribution < 1.29 is 9.59 Å². The third-order valence-electron chi connectivity index (χ3n) is 3.13. The molecule has 5 N–H and O–H groups in total. The van der Waals surface area contributed by atoms with Crippen LogP contribution in [0.1, 0.15) is 17.3 Å². The first-order valence-electron chi connectivity index (χ1n) is 5.74. The number of nitrogen functional groups attached to an aromatic ring is 1. The van der Waals surface area contributed by atoms with E-state index < -0.39 is 5.91 Å². The molecule has 0 spiro atoms. The van der Waals surface area contributed by atoms with Gasteiger partial charge in [0, 0.05) is 24.5 Å². The lowest BCUT2D eigenvalue weighted by Gasteiger charge is -2.34. The number of amides is 2. The van der Waals surface area contributed by atoms with E-state index in [-0.39, 0.29) is 17.5 Å². The van der Waals surface area contributed by atoms with Crippen LogP contribution in [0.25, 0.3) is 0 Å². The molecule has 1 aromatic rings. The van der Waals surface area contributed by atoms with Gasteiger partial charge in [-0.05, 0) is 25.1 Å². The fourth-order valence-corrected chi connectivity index (χ4v) is 2.07. The van der Waals surface area contributed by atoms with Gasteiger partial charge in [0.05, 0.1) is 5.56 Å². The molecule has 18 heavy (non-hydrogen) atoms. The molecule has 0 aliphatic carbocycles. The standard InChI is InChI=1S/C12H16N4O2/c1-7-12(18)15-4-5-16(7)8-2-3-10(13)9(6-8)11(14)17/h2-3,6-7H,4-5,13H2,1H3,(H2,14,17)(H,15,18). The fourth-order valence-electron chi connectivity index (χ4n) is 2.07. The molecule has 6 heteroatoms. The predicted molar refractivity (Wildman–Crippen MR) is 69.2 cm³/mol. The van der Waals surface area contributed by atoms with Crippen molar-refractivity contribution in [3.05, 3.63) is 23.8 Å². The van der Waals surface area contributed by atoms with Crippen molar-refractivity contribution in [2.45, 2.75) is 13.0 Å². The lowest BCUT2D eigenvalue weighted by molar-refractivity contribution is -0.122. The third kappa shape index (κ3) is 2.09. The highest BCUT2D eigenvalue weighted by Gasteiger charge is 2.26. The lowest BCUT2D eigenvalue weighted by Crippen LogP contribution is -2.54. The molecule has 2 rings (SSSR count). The van der Waals surface area contributed by atoms with Gasteiger partial charge in [0.25, 0.3) is 5.91 Å². The number of nitrogens with zero attached hydrogens (tertiary/aromatic N) is 1. The van der Waals surface area contributed by atoms with Crippen LogP contribution in [0.3, 0.4) is 0 Å². The van der Waals surface area contributed by atoms with Gasteiger partial charge in [-0.25, -0.2) is 0 Å². The minimum atomic E-state index is -0.566. The average molecular weight is 248 g/mol. The van der Waals surface area contributed by atoms with Gasteiger partial charge in [-0.15, -0.1) is 0 Å². The zero-order valence-electron chi connectivity index (χ0n) is 10.1.